The summed E-state index contributed by atoms with van der Waals surface area (Å²) >= 11 is 0. The molecule has 5 rings (SSSR count). The van der Waals surface area contributed by atoms with Gasteiger partial charge in [0.25, 0.3) is 0 Å². The number of fused-ring (bicyclic) bond motifs is 1. The Balaban J connectivity index is 1.21. The number of carbonyl (C=O) groups excluding carboxylic acids is 1. The van der Waals surface area contributed by atoms with Gasteiger partial charge in [-0.25, -0.2) is 8.42 Å². The topological polar surface area (TPSA) is 88.2 Å². The summed E-state index contributed by atoms with van der Waals surface area (Å²) in [5, 5.41) is 2.92. The van der Waals surface area contributed by atoms with E-state index in [0.29, 0.717) is 32.0 Å². The molecule has 0 aliphatic carbocycles. The minimum atomic E-state index is -3.48. The SMILES string of the molecule is O=C(CN1CCC[C@@H]1c1ccc2c(c1)OCCCO2)Nc1ccc(S(=O)(=O)N2CCCCC2)cc1. The number of likely N-dealkylation sites (tertiary alicyclic amines) is 1. The van der Waals surface area contributed by atoms with E-state index in [1.807, 2.05) is 12.1 Å². The maximum Gasteiger partial charge on any atom is 0.243 e. The average Bonchev–Trinajstić information content (AvgIpc) is 3.20. The first-order valence-corrected chi connectivity index (χ1v) is 14.0. The summed E-state index contributed by atoms with van der Waals surface area (Å²) in [6.07, 6.45) is 5.74. The summed E-state index contributed by atoms with van der Waals surface area (Å²) in [6, 6.07) is 12.7. The third-order valence-corrected chi connectivity index (χ3v) is 8.87. The maximum absolute atomic E-state index is 12.8. The Labute approximate surface area is 207 Å². The van der Waals surface area contributed by atoms with E-state index in [4.69, 9.17) is 9.47 Å². The van der Waals surface area contributed by atoms with Gasteiger partial charge in [0, 0.05) is 31.2 Å². The van der Waals surface area contributed by atoms with Gasteiger partial charge in [-0.15, -0.1) is 0 Å². The Bertz CT molecular complexity index is 1150. The molecule has 2 fully saturated rings. The molecule has 8 nitrogen and oxygen atoms in total. The molecule has 3 aliphatic rings. The first-order valence-electron chi connectivity index (χ1n) is 12.5. The van der Waals surface area contributed by atoms with E-state index in [-0.39, 0.29) is 23.4 Å². The lowest BCUT2D eigenvalue weighted by Gasteiger charge is -2.26. The first kappa shape index (κ1) is 24.1. The summed E-state index contributed by atoms with van der Waals surface area (Å²) in [5.74, 6) is 1.44. The van der Waals surface area contributed by atoms with Crippen LogP contribution in [0, 0.1) is 0 Å². The molecule has 2 aromatic carbocycles. The van der Waals surface area contributed by atoms with Crippen molar-refractivity contribution in [3.8, 4) is 11.5 Å². The van der Waals surface area contributed by atoms with E-state index in [1.165, 1.54) is 0 Å². The van der Waals surface area contributed by atoms with Gasteiger partial charge >= 0.3 is 0 Å². The van der Waals surface area contributed by atoms with Crippen LogP contribution in [0.2, 0.25) is 0 Å². The maximum atomic E-state index is 12.8. The summed E-state index contributed by atoms with van der Waals surface area (Å²) in [6.45, 7) is 3.56. The molecule has 1 N–H and O–H groups in total. The zero-order valence-electron chi connectivity index (χ0n) is 19.9. The molecule has 0 spiro atoms. The van der Waals surface area contributed by atoms with Gasteiger partial charge in [-0.1, -0.05) is 12.5 Å². The monoisotopic (exact) mass is 499 g/mol. The minimum absolute atomic E-state index is 0.113. The van der Waals surface area contributed by atoms with E-state index in [1.54, 1.807) is 28.6 Å². The van der Waals surface area contributed by atoms with Gasteiger partial charge < -0.3 is 14.8 Å². The van der Waals surface area contributed by atoms with Crippen molar-refractivity contribution in [1.29, 1.82) is 0 Å². The van der Waals surface area contributed by atoms with Gasteiger partial charge in [-0.05, 0) is 74.2 Å². The van der Waals surface area contributed by atoms with Crippen LogP contribution in [0.25, 0.3) is 0 Å². The molecule has 2 aromatic rings. The zero-order valence-corrected chi connectivity index (χ0v) is 20.8. The molecule has 0 aromatic heterocycles. The highest BCUT2D eigenvalue weighted by Crippen LogP contribution is 2.37. The summed E-state index contributed by atoms with van der Waals surface area (Å²) < 4.78 is 38.8. The Morgan fingerprint density at radius 2 is 1.63 bits per heavy atom. The molecule has 188 valence electrons. The number of hydrogen-bond acceptors (Lipinski definition) is 6. The lowest BCUT2D eigenvalue weighted by molar-refractivity contribution is -0.117. The number of carbonyl (C=O) groups is 1. The Hall–Kier alpha value is -2.62. The normalized spacial score (nSPS) is 21.4. The van der Waals surface area contributed by atoms with E-state index >= 15 is 0 Å². The van der Waals surface area contributed by atoms with Crippen molar-refractivity contribution in [2.45, 2.75) is 49.5 Å². The number of nitrogens with one attached hydrogen (secondary N) is 1. The number of nitrogens with zero attached hydrogens (tertiary/aromatic N) is 2. The number of ether oxygens (including phenoxy) is 2. The van der Waals surface area contributed by atoms with Gasteiger partial charge in [0.15, 0.2) is 11.5 Å². The number of piperidine rings is 1. The van der Waals surface area contributed by atoms with Gasteiger partial charge in [0.05, 0.1) is 24.7 Å². The first-order chi connectivity index (χ1) is 17.0. The molecule has 1 atom stereocenters. The molecule has 35 heavy (non-hydrogen) atoms. The molecule has 0 radical (unpaired) electrons. The largest absolute Gasteiger partial charge is 0.490 e. The number of rotatable bonds is 6. The summed E-state index contributed by atoms with van der Waals surface area (Å²) in [4.78, 5) is 15.3. The van der Waals surface area contributed by atoms with Crippen molar-refractivity contribution < 1.29 is 22.7 Å². The number of sulfonamides is 1. The molecule has 0 unspecified atom stereocenters. The molecule has 1 amide bonds. The van der Waals surface area contributed by atoms with Crippen LogP contribution in [0.15, 0.2) is 47.4 Å². The fourth-order valence-corrected chi connectivity index (χ4v) is 6.65. The fourth-order valence-electron chi connectivity index (χ4n) is 5.13. The highest BCUT2D eigenvalue weighted by molar-refractivity contribution is 7.89. The van der Waals surface area contributed by atoms with Crippen LogP contribution in [-0.2, 0) is 14.8 Å². The highest BCUT2D eigenvalue weighted by atomic mass is 32.2. The lowest BCUT2D eigenvalue weighted by Crippen LogP contribution is -2.35. The molecular weight excluding hydrogens is 466 g/mol. The molecule has 0 saturated carbocycles. The molecular formula is C26H33N3O5S. The van der Waals surface area contributed by atoms with Crippen LogP contribution in [0.3, 0.4) is 0 Å². The predicted octanol–water partition coefficient (Wildman–Crippen LogP) is 3.80. The fraction of sp³-hybridized carbons (Fsp3) is 0.500. The molecule has 3 heterocycles. The van der Waals surface area contributed by atoms with Crippen LogP contribution >= 0.6 is 0 Å². The van der Waals surface area contributed by atoms with Crippen LogP contribution < -0.4 is 14.8 Å². The number of hydrogen-bond donors (Lipinski definition) is 1. The lowest BCUT2D eigenvalue weighted by atomic mass is 10.0. The molecule has 0 bridgehead atoms. The van der Waals surface area contributed by atoms with Crippen molar-refractivity contribution in [1.82, 2.24) is 9.21 Å². The second-order valence-corrected chi connectivity index (χ2v) is 11.4. The third-order valence-electron chi connectivity index (χ3n) is 6.96. The third kappa shape index (κ3) is 5.47. The summed E-state index contributed by atoms with van der Waals surface area (Å²) in [7, 11) is -3.48. The number of amides is 1. The van der Waals surface area contributed by atoms with Crippen molar-refractivity contribution in [3.63, 3.8) is 0 Å². The smallest absolute Gasteiger partial charge is 0.243 e. The highest BCUT2D eigenvalue weighted by Gasteiger charge is 2.29. The molecule has 2 saturated heterocycles. The van der Waals surface area contributed by atoms with Crippen molar-refractivity contribution in [2.75, 3.05) is 44.7 Å². The van der Waals surface area contributed by atoms with Crippen molar-refractivity contribution >= 4 is 21.6 Å². The zero-order chi connectivity index (χ0) is 24.3. The van der Waals surface area contributed by atoms with Crippen LogP contribution in [-0.4, -0.2) is 62.9 Å². The Morgan fingerprint density at radius 1 is 0.886 bits per heavy atom. The van der Waals surface area contributed by atoms with Gasteiger partial charge in [0.2, 0.25) is 15.9 Å². The van der Waals surface area contributed by atoms with Crippen LogP contribution in [0.1, 0.15) is 50.1 Å². The van der Waals surface area contributed by atoms with Gasteiger partial charge in [-0.3, -0.25) is 9.69 Å². The van der Waals surface area contributed by atoms with E-state index in [9.17, 15) is 13.2 Å². The van der Waals surface area contributed by atoms with E-state index in [0.717, 1.165) is 62.1 Å². The molecule has 9 heteroatoms. The Morgan fingerprint density at radius 3 is 2.40 bits per heavy atom. The standard InChI is InChI=1S/C26H33N3O5S/c30-26(27-21-8-10-22(11-9-21)35(31,32)29-14-2-1-3-15-29)19-28-13-4-6-23(28)20-7-12-24-25(18-20)34-17-5-16-33-24/h7-12,18,23H,1-6,13-17,19H2,(H,27,30)/t23-/m1/s1. The predicted molar refractivity (Wildman–Crippen MR) is 133 cm³/mol. The van der Waals surface area contributed by atoms with Gasteiger partial charge in [-0.2, -0.15) is 4.31 Å². The van der Waals surface area contributed by atoms with Gasteiger partial charge in [0.1, 0.15) is 0 Å². The second kappa shape index (κ2) is 10.6. The van der Waals surface area contributed by atoms with Crippen molar-refractivity contribution in [2.24, 2.45) is 0 Å². The van der Waals surface area contributed by atoms with E-state index < -0.39 is 10.0 Å². The number of benzene rings is 2. The average molecular weight is 500 g/mol. The quantitative estimate of drug-likeness (QED) is 0.651. The van der Waals surface area contributed by atoms with E-state index in [2.05, 4.69) is 16.3 Å². The van der Waals surface area contributed by atoms with Crippen LogP contribution in [0.5, 0.6) is 11.5 Å². The second-order valence-electron chi connectivity index (χ2n) is 9.42. The van der Waals surface area contributed by atoms with Crippen molar-refractivity contribution in [3.05, 3.63) is 48.0 Å². The molecule has 3 aliphatic heterocycles. The Kier molecular flexibility index (Phi) is 7.27. The van der Waals surface area contributed by atoms with Crippen LogP contribution in [0.4, 0.5) is 5.69 Å². The minimum Gasteiger partial charge on any atom is -0.490 e. The number of anilines is 1. The summed E-state index contributed by atoms with van der Waals surface area (Å²) in [5.41, 5.74) is 1.73.